The van der Waals surface area contributed by atoms with Crippen molar-refractivity contribution in [2.45, 2.75) is 32.1 Å². The molecule has 2 N–H and O–H groups in total. The van der Waals surface area contributed by atoms with E-state index in [1.54, 1.807) is 11.3 Å². The zero-order valence-corrected chi connectivity index (χ0v) is 16.6. The maximum Gasteiger partial charge on any atom is 0.303 e. The minimum Gasteiger partial charge on any atom is -0.481 e. The Hall–Kier alpha value is -1.71. The minimum absolute atomic E-state index is 0.139. The molecule has 6 nitrogen and oxygen atoms in total. The molecule has 1 aromatic rings. The van der Waals surface area contributed by atoms with Gasteiger partial charge in [-0.2, -0.15) is 0 Å². The first kappa shape index (κ1) is 20.6. The van der Waals surface area contributed by atoms with Crippen LogP contribution in [0.2, 0.25) is 0 Å². The number of thioether (sulfide) groups is 1. The highest BCUT2D eigenvalue weighted by Gasteiger charge is 2.32. The van der Waals surface area contributed by atoms with Crippen LogP contribution in [0.3, 0.4) is 0 Å². The van der Waals surface area contributed by atoms with Crippen LogP contribution in [0.4, 0.5) is 0 Å². The number of rotatable bonds is 10. The van der Waals surface area contributed by atoms with Crippen LogP contribution in [0.5, 0.6) is 0 Å². The van der Waals surface area contributed by atoms with Gasteiger partial charge in [0.1, 0.15) is 4.32 Å². The Morgan fingerprint density at radius 1 is 1.27 bits per heavy atom. The second-order valence-corrected chi connectivity index (χ2v) is 8.31. The van der Waals surface area contributed by atoms with Crippen LogP contribution < -0.4 is 5.32 Å². The van der Waals surface area contributed by atoms with Gasteiger partial charge in [0.2, 0.25) is 5.91 Å². The number of hydrogen-bond donors (Lipinski definition) is 2. The molecule has 0 bridgehead atoms. The predicted octanol–water partition coefficient (Wildman–Crippen LogP) is 3.10. The molecule has 26 heavy (non-hydrogen) atoms. The first-order valence-electron chi connectivity index (χ1n) is 8.24. The number of carboxylic acids is 1. The van der Waals surface area contributed by atoms with E-state index in [2.05, 4.69) is 5.32 Å². The summed E-state index contributed by atoms with van der Waals surface area (Å²) in [6.07, 6.45) is 4.27. The van der Waals surface area contributed by atoms with E-state index in [1.807, 2.05) is 23.6 Å². The Morgan fingerprint density at radius 3 is 2.77 bits per heavy atom. The number of nitrogens with one attached hydrogen (secondary N) is 1. The molecule has 140 valence electrons. The molecule has 2 rings (SSSR count). The monoisotopic (exact) mass is 412 g/mol. The summed E-state index contributed by atoms with van der Waals surface area (Å²) in [5, 5.41) is 13.3. The van der Waals surface area contributed by atoms with Gasteiger partial charge in [-0.1, -0.05) is 36.5 Å². The van der Waals surface area contributed by atoms with Gasteiger partial charge in [0.25, 0.3) is 5.91 Å². The molecule has 2 heterocycles. The van der Waals surface area contributed by atoms with Gasteiger partial charge in [0, 0.05) is 30.8 Å². The van der Waals surface area contributed by atoms with E-state index in [-0.39, 0.29) is 31.2 Å². The fourth-order valence-corrected chi connectivity index (χ4v) is 4.33. The highest BCUT2D eigenvalue weighted by atomic mass is 32.2. The lowest BCUT2D eigenvalue weighted by Gasteiger charge is -2.14. The largest absolute Gasteiger partial charge is 0.481 e. The summed E-state index contributed by atoms with van der Waals surface area (Å²) >= 11 is 8.05. The molecule has 0 aliphatic carbocycles. The Bertz CT molecular complexity index is 701. The third kappa shape index (κ3) is 6.54. The summed E-state index contributed by atoms with van der Waals surface area (Å²) in [6.45, 7) is 0.770. The van der Waals surface area contributed by atoms with Crippen molar-refractivity contribution in [3.8, 4) is 0 Å². The summed E-state index contributed by atoms with van der Waals surface area (Å²) in [5.41, 5.74) is 0. The first-order chi connectivity index (χ1) is 12.5. The number of carboxylic acid groups (broad SMARTS) is 1. The van der Waals surface area contributed by atoms with Gasteiger partial charge in [-0.3, -0.25) is 19.3 Å². The summed E-state index contributed by atoms with van der Waals surface area (Å²) in [6, 6.07) is 3.85. The Balaban J connectivity index is 1.70. The number of amides is 2. The fraction of sp³-hybridized carbons (Fsp3) is 0.412. The highest BCUT2D eigenvalue weighted by Crippen LogP contribution is 2.33. The van der Waals surface area contributed by atoms with Crippen LogP contribution in [-0.2, 0) is 14.4 Å². The van der Waals surface area contributed by atoms with E-state index >= 15 is 0 Å². The molecule has 0 saturated carbocycles. The van der Waals surface area contributed by atoms with E-state index in [0.29, 0.717) is 22.2 Å². The number of thiophene rings is 1. The van der Waals surface area contributed by atoms with E-state index in [1.165, 1.54) is 16.7 Å². The molecular weight excluding hydrogens is 392 g/mol. The van der Waals surface area contributed by atoms with Crippen LogP contribution >= 0.6 is 35.3 Å². The second-order valence-electron chi connectivity index (χ2n) is 5.65. The fourth-order valence-electron chi connectivity index (χ4n) is 2.30. The lowest BCUT2D eigenvalue weighted by molar-refractivity contribution is -0.137. The number of carbonyl (C=O) groups is 3. The first-order valence-corrected chi connectivity index (χ1v) is 10.3. The lowest BCUT2D eigenvalue weighted by Crippen LogP contribution is -2.33. The van der Waals surface area contributed by atoms with Crippen LogP contribution in [0.25, 0.3) is 6.08 Å². The van der Waals surface area contributed by atoms with Crippen molar-refractivity contribution in [2.24, 2.45) is 0 Å². The highest BCUT2D eigenvalue weighted by molar-refractivity contribution is 8.26. The van der Waals surface area contributed by atoms with Crippen molar-refractivity contribution in [1.29, 1.82) is 0 Å². The van der Waals surface area contributed by atoms with Gasteiger partial charge < -0.3 is 10.4 Å². The number of aliphatic carboxylic acids is 1. The SMILES string of the molecule is O=C(O)CCCCCNC(=O)CCN1C(=O)/C(=C/c2cccs2)SC1=S. The summed E-state index contributed by atoms with van der Waals surface area (Å²) in [4.78, 5) is 37.7. The molecule has 2 amide bonds. The molecule has 1 aliphatic heterocycles. The maximum absolute atomic E-state index is 12.4. The van der Waals surface area contributed by atoms with Crippen LogP contribution in [0, 0.1) is 0 Å². The van der Waals surface area contributed by atoms with Crippen molar-refractivity contribution in [1.82, 2.24) is 10.2 Å². The summed E-state index contributed by atoms with van der Waals surface area (Å²) in [7, 11) is 0. The zero-order valence-electron chi connectivity index (χ0n) is 14.1. The molecular formula is C17H20N2O4S3. The second kappa shape index (κ2) is 10.4. The quantitative estimate of drug-likeness (QED) is 0.349. The van der Waals surface area contributed by atoms with Gasteiger partial charge in [0.05, 0.1) is 4.91 Å². The Labute approximate surface area is 165 Å². The number of nitrogens with zero attached hydrogens (tertiary/aromatic N) is 1. The van der Waals surface area contributed by atoms with E-state index < -0.39 is 5.97 Å². The number of unbranched alkanes of at least 4 members (excludes halogenated alkanes) is 2. The maximum atomic E-state index is 12.4. The van der Waals surface area contributed by atoms with Crippen molar-refractivity contribution in [3.05, 3.63) is 27.3 Å². The molecule has 0 aromatic carbocycles. The average molecular weight is 413 g/mol. The molecule has 1 fully saturated rings. The van der Waals surface area contributed by atoms with Crippen molar-refractivity contribution in [3.63, 3.8) is 0 Å². The molecule has 0 spiro atoms. The molecule has 0 unspecified atom stereocenters. The van der Waals surface area contributed by atoms with Crippen molar-refractivity contribution >= 4 is 63.5 Å². The van der Waals surface area contributed by atoms with Crippen molar-refractivity contribution in [2.75, 3.05) is 13.1 Å². The molecule has 1 saturated heterocycles. The number of thiocarbonyl (C=S) groups is 1. The van der Waals surface area contributed by atoms with Crippen LogP contribution in [0.15, 0.2) is 22.4 Å². The summed E-state index contributed by atoms with van der Waals surface area (Å²) < 4.78 is 0.472. The van der Waals surface area contributed by atoms with E-state index in [4.69, 9.17) is 17.3 Å². The molecule has 9 heteroatoms. The number of carbonyl (C=O) groups excluding carboxylic acids is 2. The topological polar surface area (TPSA) is 86.7 Å². The molecule has 0 atom stereocenters. The van der Waals surface area contributed by atoms with E-state index in [0.717, 1.165) is 17.7 Å². The smallest absolute Gasteiger partial charge is 0.303 e. The lowest BCUT2D eigenvalue weighted by atomic mass is 10.2. The number of hydrogen-bond acceptors (Lipinski definition) is 6. The van der Waals surface area contributed by atoms with Gasteiger partial charge in [-0.05, 0) is 30.4 Å². The third-order valence-electron chi connectivity index (χ3n) is 3.64. The Kier molecular flexibility index (Phi) is 8.27. The standard InChI is InChI=1S/C17H20N2O4S3/c20-14(18-8-3-1-2-6-15(21)22)7-9-19-16(23)13(26-17(19)24)11-12-5-4-10-25-12/h4-5,10-11H,1-3,6-9H2,(H,18,20)(H,21,22)/b13-11-. The third-order valence-corrected chi connectivity index (χ3v) is 5.84. The predicted molar refractivity (Wildman–Crippen MR) is 108 cm³/mol. The van der Waals surface area contributed by atoms with Gasteiger partial charge in [0.15, 0.2) is 0 Å². The molecule has 0 radical (unpaired) electrons. The molecule has 1 aliphatic rings. The average Bonchev–Trinajstić information content (AvgIpc) is 3.18. The summed E-state index contributed by atoms with van der Waals surface area (Å²) in [5.74, 6) is -1.10. The van der Waals surface area contributed by atoms with Crippen LogP contribution in [-0.4, -0.2) is 45.2 Å². The van der Waals surface area contributed by atoms with Crippen LogP contribution in [0.1, 0.15) is 37.0 Å². The normalized spacial score (nSPS) is 15.7. The van der Waals surface area contributed by atoms with Crippen molar-refractivity contribution < 1.29 is 19.5 Å². The molecule has 1 aromatic heterocycles. The van der Waals surface area contributed by atoms with Gasteiger partial charge in [-0.25, -0.2) is 0 Å². The van der Waals surface area contributed by atoms with Gasteiger partial charge in [-0.15, -0.1) is 11.3 Å². The Morgan fingerprint density at radius 2 is 2.08 bits per heavy atom. The van der Waals surface area contributed by atoms with Gasteiger partial charge >= 0.3 is 5.97 Å². The zero-order chi connectivity index (χ0) is 18.9. The van der Waals surface area contributed by atoms with E-state index in [9.17, 15) is 14.4 Å². The minimum atomic E-state index is -0.800.